The third kappa shape index (κ3) is 5.21. The molecule has 0 aliphatic carbocycles. The van der Waals surface area contributed by atoms with E-state index in [0.717, 1.165) is 0 Å². The van der Waals surface area contributed by atoms with Gasteiger partial charge in [0.15, 0.2) is 21.3 Å². The number of rotatable bonds is 9. The van der Waals surface area contributed by atoms with Gasteiger partial charge in [-0.25, -0.2) is 8.42 Å². The fourth-order valence-electron chi connectivity index (χ4n) is 2.72. The molecule has 2 aromatic carbocycles. The Kier molecular flexibility index (Phi) is 6.91. The van der Waals surface area contributed by atoms with Gasteiger partial charge in [0.25, 0.3) is 5.91 Å². The molecule has 0 aliphatic rings. The number of nitrogens with one attached hydrogen (secondary N) is 1. The smallest absolute Gasteiger partial charge is 0.322 e. The molecule has 0 fully saturated rings. The fraction of sp³-hybridized carbons (Fsp3) is 0.286. The lowest BCUT2D eigenvalue weighted by Gasteiger charge is -2.11. The zero-order valence-corrected chi connectivity index (χ0v) is 18.2. The number of anilines is 1. The molecule has 0 aliphatic heterocycles. The minimum atomic E-state index is -3.33. The normalized spacial score (nSPS) is 11.2. The van der Waals surface area contributed by atoms with Gasteiger partial charge in [0.05, 0.1) is 23.9 Å². The van der Waals surface area contributed by atoms with Crippen molar-refractivity contribution in [2.24, 2.45) is 0 Å². The highest BCUT2D eigenvalue weighted by molar-refractivity contribution is 7.91. The number of carbonyl (C=O) groups is 1. The van der Waals surface area contributed by atoms with Crippen LogP contribution in [0.25, 0.3) is 11.5 Å². The van der Waals surface area contributed by atoms with Gasteiger partial charge in [-0.15, -0.1) is 5.10 Å². The van der Waals surface area contributed by atoms with E-state index in [2.05, 4.69) is 15.5 Å². The van der Waals surface area contributed by atoms with Gasteiger partial charge in [0.1, 0.15) is 0 Å². The quantitative estimate of drug-likeness (QED) is 0.531. The predicted molar refractivity (Wildman–Crippen MR) is 114 cm³/mol. The van der Waals surface area contributed by atoms with Crippen LogP contribution in [-0.4, -0.2) is 43.5 Å². The molecule has 3 aromatic rings. The summed E-state index contributed by atoms with van der Waals surface area (Å²) in [5.74, 6) is 0.836. The van der Waals surface area contributed by atoms with Crippen molar-refractivity contribution in [3.63, 3.8) is 0 Å². The van der Waals surface area contributed by atoms with Crippen molar-refractivity contribution in [1.82, 2.24) is 10.2 Å². The molecule has 0 spiro atoms. The van der Waals surface area contributed by atoms with Gasteiger partial charge >= 0.3 is 6.01 Å². The minimum absolute atomic E-state index is 0.0140. The van der Waals surface area contributed by atoms with Crippen LogP contribution in [0.4, 0.5) is 6.01 Å². The van der Waals surface area contributed by atoms with E-state index in [9.17, 15) is 13.2 Å². The number of aromatic nitrogens is 2. The van der Waals surface area contributed by atoms with Crippen LogP contribution in [0.2, 0.25) is 0 Å². The second kappa shape index (κ2) is 9.61. The number of sulfone groups is 1. The highest BCUT2D eigenvalue weighted by Crippen LogP contribution is 2.32. The first-order valence-electron chi connectivity index (χ1n) is 9.75. The number of benzene rings is 2. The van der Waals surface area contributed by atoms with Gasteiger partial charge in [-0.3, -0.25) is 10.1 Å². The fourth-order valence-corrected chi connectivity index (χ4v) is 3.61. The van der Waals surface area contributed by atoms with Crippen molar-refractivity contribution >= 4 is 21.8 Å². The predicted octanol–water partition coefficient (Wildman–Crippen LogP) is 3.58. The van der Waals surface area contributed by atoms with Crippen molar-refractivity contribution in [3.05, 3.63) is 48.0 Å². The molecule has 164 valence electrons. The number of hydrogen-bond acceptors (Lipinski definition) is 8. The van der Waals surface area contributed by atoms with E-state index in [1.807, 2.05) is 13.8 Å². The van der Waals surface area contributed by atoms with E-state index in [4.69, 9.17) is 13.9 Å². The third-order valence-electron chi connectivity index (χ3n) is 4.29. The number of ether oxygens (including phenoxy) is 2. The molecule has 0 saturated heterocycles. The average Bonchev–Trinajstić information content (AvgIpc) is 3.24. The summed E-state index contributed by atoms with van der Waals surface area (Å²) in [4.78, 5) is 12.6. The molecule has 0 saturated carbocycles. The van der Waals surface area contributed by atoms with Crippen LogP contribution >= 0.6 is 0 Å². The molecule has 3 rings (SSSR count). The second-order valence-electron chi connectivity index (χ2n) is 6.32. The van der Waals surface area contributed by atoms with Crippen molar-refractivity contribution in [2.75, 3.05) is 24.3 Å². The summed E-state index contributed by atoms with van der Waals surface area (Å²) in [5, 5.41) is 10.3. The summed E-state index contributed by atoms with van der Waals surface area (Å²) in [6.45, 7) is 6.28. The molecular formula is C21H23N3O6S. The summed E-state index contributed by atoms with van der Waals surface area (Å²) < 4.78 is 40.4. The molecule has 0 bridgehead atoms. The lowest BCUT2D eigenvalue weighted by molar-refractivity contribution is 0.102. The SMILES string of the molecule is CCOc1ccc(-c2nnc(NC(=O)c3ccc(S(=O)(=O)CC)cc3)o2)cc1OCC. The van der Waals surface area contributed by atoms with Gasteiger partial charge in [-0.2, -0.15) is 0 Å². The molecule has 31 heavy (non-hydrogen) atoms. The van der Waals surface area contributed by atoms with E-state index < -0.39 is 15.7 Å². The number of hydrogen-bond donors (Lipinski definition) is 1. The molecule has 1 amide bonds. The van der Waals surface area contributed by atoms with Gasteiger partial charge < -0.3 is 13.9 Å². The van der Waals surface area contributed by atoms with E-state index in [-0.39, 0.29) is 28.1 Å². The Morgan fingerprint density at radius 1 is 0.968 bits per heavy atom. The van der Waals surface area contributed by atoms with E-state index >= 15 is 0 Å². The molecular weight excluding hydrogens is 422 g/mol. The maximum Gasteiger partial charge on any atom is 0.322 e. The number of amides is 1. The third-order valence-corrected chi connectivity index (χ3v) is 6.04. The molecule has 9 nitrogen and oxygen atoms in total. The molecule has 0 radical (unpaired) electrons. The molecule has 1 aromatic heterocycles. The van der Waals surface area contributed by atoms with Crippen LogP contribution in [0.1, 0.15) is 31.1 Å². The second-order valence-corrected chi connectivity index (χ2v) is 8.60. The summed E-state index contributed by atoms with van der Waals surface area (Å²) in [5.41, 5.74) is 0.864. The van der Waals surface area contributed by atoms with Gasteiger partial charge in [-0.1, -0.05) is 12.0 Å². The van der Waals surface area contributed by atoms with Crippen molar-refractivity contribution in [2.45, 2.75) is 25.7 Å². The van der Waals surface area contributed by atoms with Gasteiger partial charge in [0, 0.05) is 11.1 Å². The number of nitrogens with zero attached hydrogens (tertiary/aromatic N) is 2. The maximum atomic E-state index is 12.4. The van der Waals surface area contributed by atoms with Crippen LogP contribution in [0, 0.1) is 0 Å². The van der Waals surface area contributed by atoms with Crippen molar-refractivity contribution in [3.8, 4) is 23.0 Å². The number of carbonyl (C=O) groups excluding carboxylic acids is 1. The zero-order valence-electron chi connectivity index (χ0n) is 17.4. The van der Waals surface area contributed by atoms with Crippen LogP contribution in [0.15, 0.2) is 51.8 Å². The molecule has 1 N–H and O–H groups in total. The van der Waals surface area contributed by atoms with E-state index in [0.29, 0.717) is 30.3 Å². The summed E-state index contributed by atoms with van der Waals surface area (Å²) in [7, 11) is -3.33. The minimum Gasteiger partial charge on any atom is -0.490 e. The standard InChI is InChI=1S/C21H23N3O6S/c1-4-28-17-12-9-15(13-18(17)29-5-2)20-23-24-21(30-20)22-19(25)14-7-10-16(11-8-14)31(26,27)6-3/h7-13H,4-6H2,1-3H3,(H,22,24,25). The largest absolute Gasteiger partial charge is 0.490 e. The Balaban J connectivity index is 1.75. The first-order chi connectivity index (χ1) is 14.9. The van der Waals surface area contributed by atoms with Crippen molar-refractivity contribution in [1.29, 1.82) is 0 Å². The summed E-state index contributed by atoms with van der Waals surface area (Å²) in [6, 6.07) is 10.8. The Morgan fingerprint density at radius 3 is 2.29 bits per heavy atom. The zero-order chi connectivity index (χ0) is 22.4. The van der Waals surface area contributed by atoms with E-state index in [1.165, 1.54) is 24.3 Å². The van der Waals surface area contributed by atoms with Gasteiger partial charge in [-0.05, 0) is 56.3 Å². The lowest BCUT2D eigenvalue weighted by Crippen LogP contribution is -2.12. The summed E-state index contributed by atoms with van der Waals surface area (Å²) >= 11 is 0. The molecule has 10 heteroatoms. The van der Waals surface area contributed by atoms with Gasteiger partial charge in [0.2, 0.25) is 5.89 Å². The highest BCUT2D eigenvalue weighted by Gasteiger charge is 2.16. The lowest BCUT2D eigenvalue weighted by atomic mass is 10.2. The Hall–Kier alpha value is -3.40. The van der Waals surface area contributed by atoms with Crippen LogP contribution in [0.5, 0.6) is 11.5 Å². The Bertz CT molecular complexity index is 1160. The molecule has 0 atom stereocenters. The first-order valence-corrected chi connectivity index (χ1v) is 11.4. The average molecular weight is 445 g/mol. The van der Waals surface area contributed by atoms with Crippen LogP contribution in [0.3, 0.4) is 0 Å². The van der Waals surface area contributed by atoms with Crippen LogP contribution < -0.4 is 14.8 Å². The first kappa shape index (κ1) is 22.3. The topological polar surface area (TPSA) is 121 Å². The van der Waals surface area contributed by atoms with E-state index in [1.54, 1.807) is 25.1 Å². The Labute approximate surface area is 180 Å². The maximum absolute atomic E-state index is 12.4. The Morgan fingerprint density at radius 2 is 1.65 bits per heavy atom. The highest BCUT2D eigenvalue weighted by atomic mass is 32.2. The molecule has 1 heterocycles. The molecule has 0 unspecified atom stereocenters. The van der Waals surface area contributed by atoms with Crippen molar-refractivity contribution < 1.29 is 27.1 Å². The van der Waals surface area contributed by atoms with Crippen LogP contribution in [-0.2, 0) is 9.84 Å². The summed E-state index contributed by atoms with van der Waals surface area (Å²) in [6.07, 6.45) is 0. The monoisotopic (exact) mass is 445 g/mol.